The SMILES string of the molecule is COCc1nc(N)cc(Sc2ccc(C(C)(C)C)cc2)n1. The summed E-state index contributed by atoms with van der Waals surface area (Å²) in [5.41, 5.74) is 7.28. The standard InChI is InChI=1S/C16H21N3OS/c1-16(2,3)11-5-7-12(8-6-11)21-15-9-13(17)18-14(19-15)10-20-4/h5-9H,10H2,1-4H3,(H2,17,18,19). The van der Waals surface area contributed by atoms with Crippen molar-refractivity contribution in [1.29, 1.82) is 0 Å². The molecule has 2 rings (SSSR count). The van der Waals surface area contributed by atoms with Gasteiger partial charge in [-0.25, -0.2) is 9.97 Å². The molecular formula is C16H21N3OS. The first-order valence-electron chi connectivity index (χ1n) is 6.79. The highest BCUT2D eigenvalue weighted by Crippen LogP contribution is 2.29. The maximum Gasteiger partial charge on any atom is 0.157 e. The Morgan fingerprint density at radius 3 is 2.38 bits per heavy atom. The second-order valence-corrected chi connectivity index (χ2v) is 6.95. The molecule has 0 fully saturated rings. The fraction of sp³-hybridized carbons (Fsp3) is 0.375. The number of nitrogens with two attached hydrogens (primary N) is 1. The van der Waals surface area contributed by atoms with Crippen molar-refractivity contribution in [3.63, 3.8) is 0 Å². The van der Waals surface area contributed by atoms with E-state index in [1.807, 2.05) is 0 Å². The van der Waals surface area contributed by atoms with Crippen molar-refractivity contribution >= 4 is 17.6 Å². The van der Waals surface area contributed by atoms with Crippen molar-refractivity contribution in [2.24, 2.45) is 0 Å². The molecule has 0 saturated carbocycles. The van der Waals surface area contributed by atoms with E-state index in [-0.39, 0.29) is 5.41 Å². The van der Waals surface area contributed by atoms with Crippen LogP contribution in [-0.4, -0.2) is 17.1 Å². The minimum absolute atomic E-state index is 0.161. The van der Waals surface area contributed by atoms with Crippen molar-refractivity contribution in [1.82, 2.24) is 9.97 Å². The van der Waals surface area contributed by atoms with Gasteiger partial charge >= 0.3 is 0 Å². The molecule has 0 aliphatic rings. The number of benzene rings is 1. The molecule has 0 aliphatic heterocycles. The number of ether oxygens (including phenoxy) is 1. The number of hydrogen-bond acceptors (Lipinski definition) is 5. The highest BCUT2D eigenvalue weighted by atomic mass is 32.2. The van der Waals surface area contributed by atoms with Gasteiger partial charge in [-0.1, -0.05) is 44.7 Å². The Bertz CT molecular complexity index is 606. The van der Waals surface area contributed by atoms with E-state index in [9.17, 15) is 0 Å². The van der Waals surface area contributed by atoms with Gasteiger partial charge in [-0.3, -0.25) is 0 Å². The molecule has 1 heterocycles. The molecule has 0 atom stereocenters. The fourth-order valence-corrected chi connectivity index (χ4v) is 2.73. The topological polar surface area (TPSA) is 61.0 Å². The largest absolute Gasteiger partial charge is 0.384 e. The van der Waals surface area contributed by atoms with Crippen LogP contribution in [0.2, 0.25) is 0 Å². The quantitative estimate of drug-likeness (QED) is 0.874. The van der Waals surface area contributed by atoms with E-state index in [0.29, 0.717) is 18.2 Å². The predicted octanol–water partition coefficient (Wildman–Crippen LogP) is 3.65. The molecule has 0 spiro atoms. The van der Waals surface area contributed by atoms with Gasteiger partial charge in [-0.05, 0) is 23.1 Å². The van der Waals surface area contributed by atoms with Gasteiger partial charge in [0.2, 0.25) is 0 Å². The second-order valence-electron chi connectivity index (χ2n) is 5.86. The van der Waals surface area contributed by atoms with E-state index in [4.69, 9.17) is 10.5 Å². The summed E-state index contributed by atoms with van der Waals surface area (Å²) in [6.07, 6.45) is 0. The predicted molar refractivity (Wildman–Crippen MR) is 86.4 cm³/mol. The minimum atomic E-state index is 0.161. The van der Waals surface area contributed by atoms with Crippen LogP contribution in [0.4, 0.5) is 5.82 Å². The highest BCUT2D eigenvalue weighted by molar-refractivity contribution is 7.99. The lowest BCUT2D eigenvalue weighted by atomic mass is 9.87. The van der Waals surface area contributed by atoms with E-state index in [1.54, 1.807) is 24.9 Å². The Labute approximate surface area is 130 Å². The summed E-state index contributed by atoms with van der Waals surface area (Å²) in [4.78, 5) is 9.71. The van der Waals surface area contributed by atoms with E-state index in [1.165, 1.54) is 5.56 Å². The molecule has 2 N–H and O–H groups in total. The first kappa shape index (κ1) is 15.8. The summed E-state index contributed by atoms with van der Waals surface area (Å²) in [6.45, 7) is 6.98. The molecule has 0 amide bonds. The zero-order valence-corrected chi connectivity index (χ0v) is 13.7. The van der Waals surface area contributed by atoms with Crippen LogP contribution in [0, 0.1) is 0 Å². The molecule has 0 unspecified atom stereocenters. The number of hydrogen-bond donors (Lipinski definition) is 1. The summed E-state index contributed by atoms with van der Waals surface area (Å²) in [7, 11) is 1.62. The van der Waals surface area contributed by atoms with Crippen LogP contribution in [-0.2, 0) is 16.8 Å². The van der Waals surface area contributed by atoms with Gasteiger partial charge < -0.3 is 10.5 Å². The molecule has 0 aliphatic carbocycles. The van der Waals surface area contributed by atoms with Crippen LogP contribution in [0.15, 0.2) is 40.3 Å². The number of anilines is 1. The van der Waals surface area contributed by atoms with Crippen LogP contribution in [0.5, 0.6) is 0 Å². The summed E-state index contributed by atoms with van der Waals surface area (Å²) in [5, 5.41) is 0.832. The summed E-state index contributed by atoms with van der Waals surface area (Å²) in [5.74, 6) is 1.07. The minimum Gasteiger partial charge on any atom is -0.384 e. The number of aromatic nitrogens is 2. The Hall–Kier alpha value is -1.59. The molecule has 0 radical (unpaired) electrons. The first-order valence-corrected chi connectivity index (χ1v) is 7.61. The van der Waals surface area contributed by atoms with Crippen LogP contribution < -0.4 is 5.73 Å². The lowest BCUT2D eigenvalue weighted by Gasteiger charge is -2.19. The molecule has 2 aromatic rings. The Morgan fingerprint density at radius 2 is 1.81 bits per heavy atom. The van der Waals surface area contributed by atoms with Crippen molar-refractivity contribution in [2.75, 3.05) is 12.8 Å². The van der Waals surface area contributed by atoms with Crippen molar-refractivity contribution in [3.05, 3.63) is 41.7 Å². The number of methoxy groups -OCH3 is 1. The third kappa shape index (κ3) is 4.44. The number of rotatable bonds is 4. The van der Waals surface area contributed by atoms with Crippen molar-refractivity contribution < 1.29 is 4.74 Å². The van der Waals surface area contributed by atoms with Crippen LogP contribution in [0.25, 0.3) is 0 Å². The zero-order valence-electron chi connectivity index (χ0n) is 12.9. The maximum absolute atomic E-state index is 5.80. The molecule has 1 aromatic carbocycles. The van der Waals surface area contributed by atoms with Gasteiger partial charge in [0.1, 0.15) is 17.5 Å². The van der Waals surface area contributed by atoms with E-state index >= 15 is 0 Å². The van der Waals surface area contributed by atoms with Gasteiger partial charge in [0.15, 0.2) is 5.82 Å². The number of nitrogens with zero attached hydrogens (tertiary/aromatic N) is 2. The van der Waals surface area contributed by atoms with Gasteiger partial charge in [-0.15, -0.1) is 0 Å². The monoisotopic (exact) mass is 303 g/mol. The van der Waals surface area contributed by atoms with Gasteiger partial charge in [0.05, 0.1) is 0 Å². The smallest absolute Gasteiger partial charge is 0.157 e. The third-order valence-corrected chi connectivity index (χ3v) is 3.91. The Balaban J connectivity index is 2.18. The van der Waals surface area contributed by atoms with Gasteiger partial charge in [-0.2, -0.15) is 0 Å². The molecule has 0 bridgehead atoms. The van der Waals surface area contributed by atoms with E-state index < -0.39 is 0 Å². The average Bonchev–Trinajstić information content (AvgIpc) is 2.38. The normalized spacial score (nSPS) is 11.6. The summed E-state index contributed by atoms with van der Waals surface area (Å²) < 4.78 is 5.05. The van der Waals surface area contributed by atoms with Crippen molar-refractivity contribution in [3.8, 4) is 0 Å². The molecule has 112 valence electrons. The van der Waals surface area contributed by atoms with E-state index in [2.05, 4.69) is 55.0 Å². The molecule has 5 heteroatoms. The van der Waals surface area contributed by atoms with Crippen LogP contribution in [0.1, 0.15) is 32.2 Å². The number of nitrogen functional groups attached to an aromatic ring is 1. The summed E-state index contributed by atoms with van der Waals surface area (Å²) in [6, 6.07) is 10.3. The van der Waals surface area contributed by atoms with Crippen LogP contribution >= 0.6 is 11.8 Å². The summed E-state index contributed by atoms with van der Waals surface area (Å²) >= 11 is 1.57. The third-order valence-electron chi connectivity index (χ3n) is 2.98. The lowest BCUT2D eigenvalue weighted by Crippen LogP contribution is -2.10. The average molecular weight is 303 g/mol. The van der Waals surface area contributed by atoms with Crippen LogP contribution in [0.3, 0.4) is 0 Å². The van der Waals surface area contributed by atoms with Gasteiger partial charge in [0.25, 0.3) is 0 Å². The molecule has 4 nitrogen and oxygen atoms in total. The Kier molecular flexibility index (Phi) is 4.85. The Morgan fingerprint density at radius 1 is 1.14 bits per heavy atom. The molecular weight excluding hydrogens is 282 g/mol. The molecule has 0 saturated heterocycles. The molecule has 1 aromatic heterocycles. The van der Waals surface area contributed by atoms with E-state index in [0.717, 1.165) is 9.92 Å². The fourth-order valence-electron chi connectivity index (χ4n) is 1.88. The zero-order chi connectivity index (χ0) is 15.5. The van der Waals surface area contributed by atoms with Gasteiger partial charge in [0, 0.05) is 18.1 Å². The molecule has 21 heavy (non-hydrogen) atoms. The highest BCUT2D eigenvalue weighted by Gasteiger charge is 2.13. The maximum atomic E-state index is 5.80. The first-order chi connectivity index (χ1) is 9.88. The second kappa shape index (κ2) is 6.45. The lowest BCUT2D eigenvalue weighted by molar-refractivity contribution is 0.177. The van der Waals surface area contributed by atoms with Crippen molar-refractivity contribution in [2.45, 2.75) is 42.7 Å².